The zero-order valence-electron chi connectivity index (χ0n) is 14.9. The Balaban J connectivity index is 2.09. The average molecular weight is 388 g/mol. The van der Waals surface area contributed by atoms with Gasteiger partial charge in [-0.1, -0.05) is 13.0 Å². The largest absolute Gasteiger partial charge is 0.382 e. The first-order valence-electron chi connectivity index (χ1n) is 8.32. The molecule has 0 bridgehead atoms. The molecular weight excluding hydrogens is 370 g/mol. The first-order valence-corrected chi connectivity index (χ1v) is 8.32. The highest BCUT2D eigenvalue weighted by atomic mass is 19.1. The monoisotopic (exact) mass is 388 g/mol. The number of amides is 1. The molecule has 2 atom stereocenters. The van der Waals surface area contributed by atoms with Crippen LogP contribution in [0, 0.1) is 11.6 Å². The Morgan fingerprint density at radius 1 is 1.36 bits per heavy atom. The number of carbonyl (C=O) groups is 1. The van der Waals surface area contributed by atoms with E-state index in [0.29, 0.717) is 11.6 Å². The van der Waals surface area contributed by atoms with Crippen LogP contribution in [0.2, 0.25) is 0 Å². The van der Waals surface area contributed by atoms with Gasteiger partial charge in [0.1, 0.15) is 35.6 Å². The van der Waals surface area contributed by atoms with E-state index in [1.165, 1.54) is 35.7 Å². The van der Waals surface area contributed by atoms with Crippen LogP contribution in [0.3, 0.4) is 0 Å². The van der Waals surface area contributed by atoms with Gasteiger partial charge in [-0.25, -0.2) is 24.3 Å². The lowest BCUT2D eigenvalue weighted by Gasteiger charge is -2.35. The van der Waals surface area contributed by atoms with Gasteiger partial charge in [0.15, 0.2) is 0 Å². The van der Waals surface area contributed by atoms with Gasteiger partial charge in [-0.15, -0.1) is 0 Å². The zero-order valence-corrected chi connectivity index (χ0v) is 14.9. The number of nitrogens with two attached hydrogens (primary N) is 1. The van der Waals surface area contributed by atoms with Gasteiger partial charge in [-0.2, -0.15) is 5.10 Å². The Labute approximate surface area is 159 Å². The Hall–Kier alpha value is -3.24. The molecule has 2 aromatic heterocycles. The average Bonchev–Trinajstić information content (AvgIpc) is 3.19. The van der Waals surface area contributed by atoms with Gasteiger partial charge in [0, 0.05) is 23.7 Å². The molecular formula is C18H18F2N6O2. The lowest BCUT2D eigenvalue weighted by Crippen LogP contribution is -2.38. The van der Waals surface area contributed by atoms with Gasteiger partial charge < -0.3 is 5.11 Å². The summed E-state index contributed by atoms with van der Waals surface area (Å²) in [6, 6.07) is 5.99. The molecule has 2 unspecified atom stereocenters. The van der Waals surface area contributed by atoms with Crippen molar-refractivity contribution in [1.82, 2.24) is 25.2 Å². The van der Waals surface area contributed by atoms with E-state index in [1.807, 2.05) is 5.43 Å². The SMILES string of the molecule is CC(c1ccnc(C(=O)NN)c1)C(O)(Cn1cncn1)c1ccc(F)cc1F. The summed E-state index contributed by atoms with van der Waals surface area (Å²) in [7, 11) is 0. The third-order valence-corrected chi connectivity index (χ3v) is 4.63. The Kier molecular flexibility index (Phi) is 5.43. The summed E-state index contributed by atoms with van der Waals surface area (Å²) in [6.45, 7) is 1.50. The van der Waals surface area contributed by atoms with Gasteiger partial charge in [0.25, 0.3) is 5.91 Å². The third kappa shape index (κ3) is 3.73. The number of rotatable bonds is 6. The summed E-state index contributed by atoms with van der Waals surface area (Å²) >= 11 is 0. The molecule has 4 N–H and O–H groups in total. The number of hydrogen-bond donors (Lipinski definition) is 3. The van der Waals surface area contributed by atoms with Crippen molar-refractivity contribution in [3.05, 3.63) is 77.6 Å². The number of hydrazine groups is 1. The first-order chi connectivity index (χ1) is 13.3. The fourth-order valence-corrected chi connectivity index (χ4v) is 3.05. The maximum absolute atomic E-state index is 14.6. The number of benzene rings is 1. The molecule has 1 aromatic carbocycles. The van der Waals surface area contributed by atoms with Crippen molar-refractivity contribution in [3.8, 4) is 0 Å². The van der Waals surface area contributed by atoms with Gasteiger partial charge in [0.2, 0.25) is 0 Å². The molecule has 0 aliphatic heterocycles. The number of nitrogens with one attached hydrogen (secondary N) is 1. The summed E-state index contributed by atoms with van der Waals surface area (Å²) in [5.41, 5.74) is 0.576. The minimum atomic E-state index is -1.83. The number of halogens is 2. The second kappa shape index (κ2) is 7.79. The highest BCUT2D eigenvalue weighted by Crippen LogP contribution is 2.39. The second-order valence-corrected chi connectivity index (χ2v) is 6.31. The molecule has 1 amide bonds. The molecule has 146 valence electrons. The number of nitrogens with zero attached hydrogens (tertiary/aromatic N) is 4. The third-order valence-electron chi connectivity index (χ3n) is 4.63. The van der Waals surface area contributed by atoms with E-state index in [2.05, 4.69) is 15.1 Å². The maximum atomic E-state index is 14.6. The minimum absolute atomic E-state index is 0.0366. The van der Waals surface area contributed by atoms with E-state index in [9.17, 15) is 18.7 Å². The molecule has 0 saturated carbocycles. The predicted octanol–water partition coefficient (Wildman–Crippen LogP) is 1.25. The quantitative estimate of drug-likeness (QED) is 0.332. The van der Waals surface area contributed by atoms with E-state index in [1.54, 1.807) is 13.0 Å². The van der Waals surface area contributed by atoms with Crippen molar-refractivity contribution in [2.45, 2.75) is 25.0 Å². The highest BCUT2D eigenvalue weighted by Gasteiger charge is 2.40. The lowest BCUT2D eigenvalue weighted by atomic mass is 9.78. The van der Waals surface area contributed by atoms with Gasteiger partial charge in [-0.05, 0) is 23.8 Å². The molecule has 0 spiro atoms. The molecule has 0 aliphatic carbocycles. The van der Waals surface area contributed by atoms with Crippen LogP contribution in [0.4, 0.5) is 8.78 Å². The summed E-state index contributed by atoms with van der Waals surface area (Å²) in [6.07, 6.45) is 4.04. The van der Waals surface area contributed by atoms with Gasteiger partial charge in [-0.3, -0.25) is 15.2 Å². The first kappa shape index (κ1) is 19.5. The van der Waals surface area contributed by atoms with E-state index in [0.717, 1.165) is 6.07 Å². The Morgan fingerprint density at radius 3 is 2.79 bits per heavy atom. The lowest BCUT2D eigenvalue weighted by molar-refractivity contribution is -0.0112. The van der Waals surface area contributed by atoms with Crippen molar-refractivity contribution in [1.29, 1.82) is 0 Å². The fraction of sp³-hybridized carbons (Fsp3) is 0.222. The highest BCUT2D eigenvalue weighted by molar-refractivity contribution is 5.91. The van der Waals surface area contributed by atoms with Crippen molar-refractivity contribution < 1.29 is 18.7 Å². The number of aromatic nitrogens is 4. The van der Waals surface area contributed by atoms with Crippen LogP contribution in [0.15, 0.2) is 49.2 Å². The summed E-state index contributed by atoms with van der Waals surface area (Å²) in [5, 5.41) is 15.5. The Morgan fingerprint density at radius 2 is 2.14 bits per heavy atom. The van der Waals surface area contributed by atoms with Crippen LogP contribution in [-0.2, 0) is 12.1 Å². The number of carbonyl (C=O) groups excluding carboxylic acids is 1. The van der Waals surface area contributed by atoms with Crippen molar-refractivity contribution in [3.63, 3.8) is 0 Å². The van der Waals surface area contributed by atoms with Crippen LogP contribution in [0.25, 0.3) is 0 Å². The molecule has 28 heavy (non-hydrogen) atoms. The van der Waals surface area contributed by atoms with Crippen molar-refractivity contribution in [2.75, 3.05) is 0 Å². The fourth-order valence-electron chi connectivity index (χ4n) is 3.05. The van der Waals surface area contributed by atoms with E-state index >= 15 is 0 Å². The standard InChI is InChI=1S/C18H18F2N6O2/c1-11(12-4-5-23-16(6-12)17(27)25-21)18(28,8-26-10-22-9-24-26)14-3-2-13(19)7-15(14)20/h2-7,9-11,28H,8,21H2,1H3,(H,25,27). The number of aliphatic hydroxyl groups is 1. The smallest absolute Gasteiger partial charge is 0.283 e. The normalized spacial score (nSPS) is 14.3. The van der Waals surface area contributed by atoms with Crippen LogP contribution in [0.1, 0.15) is 34.5 Å². The van der Waals surface area contributed by atoms with Crippen molar-refractivity contribution >= 4 is 5.91 Å². The van der Waals surface area contributed by atoms with Crippen molar-refractivity contribution in [2.24, 2.45) is 5.84 Å². The predicted molar refractivity (Wildman–Crippen MR) is 94.6 cm³/mol. The summed E-state index contributed by atoms with van der Waals surface area (Å²) < 4.78 is 29.3. The van der Waals surface area contributed by atoms with Crippen LogP contribution in [0.5, 0.6) is 0 Å². The molecule has 0 fully saturated rings. The second-order valence-electron chi connectivity index (χ2n) is 6.31. The molecule has 3 aromatic rings. The van der Waals surface area contributed by atoms with Crippen LogP contribution in [-0.4, -0.2) is 30.8 Å². The van der Waals surface area contributed by atoms with E-state index in [-0.39, 0.29) is 17.8 Å². The van der Waals surface area contributed by atoms with Gasteiger partial charge in [0.05, 0.1) is 6.54 Å². The molecule has 2 heterocycles. The molecule has 8 nitrogen and oxygen atoms in total. The number of nitrogen functional groups attached to an aromatic ring is 1. The van der Waals surface area contributed by atoms with Crippen LogP contribution >= 0.6 is 0 Å². The molecule has 0 aliphatic rings. The molecule has 3 rings (SSSR count). The number of hydrogen-bond acceptors (Lipinski definition) is 6. The van der Waals surface area contributed by atoms with E-state index < -0.39 is 29.1 Å². The zero-order chi connectivity index (χ0) is 20.3. The number of pyridine rings is 1. The molecule has 0 radical (unpaired) electrons. The maximum Gasteiger partial charge on any atom is 0.283 e. The summed E-state index contributed by atoms with van der Waals surface area (Å²) in [5.74, 6) is 2.14. The van der Waals surface area contributed by atoms with Gasteiger partial charge >= 0.3 is 0 Å². The topological polar surface area (TPSA) is 119 Å². The molecule has 10 heteroatoms. The van der Waals surface area contributed by atoms with Crippen LogP contribution < -0.4 is 11.3 Å². The minimum Gasteiger partial charge on any atom is -0.382 e. The molecule has 0 saturated heterocycles. The Bertz CT molecular complexity index is 982. The van der Waals surface area contributed by atoms with E-state index in [4.69, 9.17) is 5.84 Å². The summed E-state index contributed by atoms with van der Waals surface area (Å²) in [4.78, 5) is 19.5.